The molecular weight excluding hydrogens is 462 g/mol. The average molecular weight is 486 g/mol. The normalized spacial score (nSPS) is 15.9. The first kappa shape index (κ1) is 23.1. The molecule has 3 aromatic rings. The van der Waals surface area contributed by atoms with Gasteiger partial charge in [0.05, 0.1) is 22.7 Å². The van der Waals surface area contributed by atoms with Gasteiger partial charge in [0.25, 0.3) is 5.91 Å². The number of nitrogens with one attached hydrogen (secondary N) is 2. The van der Waals surface area contributed by atoms with E-state index in [-0.39, 0.29) is 11.8 Å². The highest BCUT2D eigenvalue weighted by molar-refractivity contribution is 7.18. The maximum Gasteiger partial charge on any atom is 0.255 e. The Labute approximate surface area is 200 Å². The van der Waals surface area contributed by atoms with E-state index in [0.29, 0.717) is 52.8 Å². The second kappa shape index (κ2) is 9.08. The zero-order chi connectivity index (χ0) is 23.8. The summed E-state index contributed by atoms with van der Waals surface area (Å²) in [5, 5.41) is 12.0. The molecule has 1 atom stereocenters. The maximum absolute atomic E-state index is 13.3. The van der Waals surface area contributed by atoms with Crippen molar-refractivity contribution in [3.8, 4) is 16.6 Å². The monoisotopic (exact) mass is 485 g/mol. The Bertz CT molecular complexity index is 1230. The van der Waals surface area contributed by atoms with Crippen LogP contribution in [-0.2, 0) is 4.79 Å². The number of likely N-dealkylation sites (tertiary alicyclic amines) is 1. The number of hydrogen-bond acceptors (Lipinski definition) is 7. The van der Waals surface area contributed by atoms with Crippen LogP contribution in [0.1, 0.15) is 44.0 Å². The average Bonchev–Trinajstić information content (AvgIpc) is 3.42. The summed E-state index contributed by atoms with van der Waals surface area (Å²) < 4.78 is 0.393. The number of hydrogen-bond donors (Lipinski definition) is 2. The molecule has 11 heteroatoms. The zero-order valence-corrected chi connectivity index (χ0v) is 20.1. The lowest BCUT2D eigenvalue weighted by atomic mass is 9.85. The number of fused-ring (bicyclic) bond motifs is 1. The molecule has 4 rings (SSSR count). The van der Waals surface area contributed by atoms with Crippen LogP contribution in [0, 0.1) is 22.7 Å². The first-order valence-corrected chi connectivity index (χ1v) is 11.8. The number of carbonyl (C=O) groups is 2. The van der Waals surface area contributed by atoms with Gasteiger partial charge in [0.2, 0.25) is 5.91 Å². The number of piperidine rings is 1. The summed E-state index contributed by atoms with van der Waals surface area (Å²) in [6.07, 6.45) is 6.05. The largest absolute Gasteiger partial charge is 0.344 e. The van der Waals surface area contributed by atoms with Gasteiger partial charge >= 0.3 is 0 Å². The Kier molecular flexibility index (Phi) is 6.36. The molecule has 0 aromatic carbocycles. The first-order chi connectivity index (χ1) is 15.7. The van der Waals surface area contributed by atoms with Crippen molar-refractivity contribution in [1.82, 2.24) is 30.2 Å². The number of nitriles is 1. The summed E-state index contributed by atoms with van der Waals surface area (Å²) >= 11 is 7.21. The number of aromatic amines is 1. The van der Waals surface area contributed by atoms with Gasteiger partial charge in [-0.2, -0.15) is 5.26 Å². The van der Waals surface area contributed by atoms with Gasteiger partial charge in [0.1, 0.15) is 17.3 Å². The number of halogens is 1. The molecule has 9 nitrogen and oxygen atoms in total. The van der Waals surface area contributed by atoms with Crippen LogP contribution in [0.15, 0.2) is 18.6 Å². The number of rotatable bonds is 4. The molecular formula is C22H24ClN7O2S. The summed E-state index contributed by atoms with van der Waals surface area (Å²) in [5.74, 6) is -0.572. The lowest BCUT2D eigenvalue weighted by Gasteiger charge is -2.37. The van der Waals surface area contributed by atoms with Crippen LogP contribution in [0.4, 0.5) is 0 Å². The van der Waals surface area contributed by atoms with Crippen LogP contribution in [0.25, 0.3) is 21.7 Å². The van der Waals surface area contributed by atoms with Crippen LogP contribution in [0.3, 0.4) is 0 Å². The van der Waals surface area contributed by atoms with E-state index in [1.54, 1.807) is 23.5 Å². The van der Waals surface area contributed by atoms with Gasteiger partial charge in [0, 0.05) is 31.4 Å². The minimum atomic E-state index is -0.731. The molecule has 0 radical (unpaired) electrons. The van der Waals surface area contributed by atoms with E-state index >= 15 is 0 Å². The van der Waals surface area contributed by atoms with Crippen molar-refractivity contribution >= 4 is 45.9 Å². The highest BCUT2D eigenvalue weighted by atomic mass is 35.5. The molecule has 4 heterocycles. The molecule has 1 aliphatic heterocycles. The molecule has 2 amide bonds. The molecule has 1 fully saturated rings. The van der Waals surface area contributed by atoms with E-state index in [1.165, 1.54) is 11.3 Å². The standard InChI is InChI=1S/C22H24ClN7O2S/c1-22(2,3)17(20(32)30-6-4-12(8-24)5-7-30)29-19(31)13-9-25-18-16(13)28-14(10-26-18)15-11-27-21(23)33-15/h9-12,17H,4-7H2,1-3H3,(H,25,26)(H,29,31). The Morgan fingerprint density at radius 1 is 1.30 bits per heavy atom. The van der Waals surface area contributed by atoms with Crippen LogP contribution < -0.4 is 5.32 Å². The Morgan fingerprint density at radius 3 is 2.64 bits per heavy atom. The molecule has 2 N–H and O–H groups in total. The van der Waals surface area contributed by atoms with E-state index < -0.39 is 17.4 Å². The van der Waals surface area contributed by atoms with Gasteiger partial charge in [-0.25, -0.2) is 15.0 Å². The van der Waals surface area contributed by atoms with Gasteiger partial charge in [-0.1, -0.05) is 32.4 Å². The lowest BCUT2D eigenvalue weighted by molar-refractivity contribution is -0.137. The maximum atomic E-state index is 13.3. The predicted molar refractivity (Wildman–Crippen MR) is 126 cm³/mol. The molecule has 0 aliphatic carbocycles. The molecule has 0 spiro atoms. The van der Waals surface area contributed by atoms with E-state index in [2.05, 4.69) is 31.3 Å². The lowest BCUT2D eigenvalue weighted by Crippen LogP contribution is -2.56. The van der Waals surface area contributed by atoms with Gasteiger partial charge in [0.15, 0.2) is 10.1 Å². The van der Waals surface area contributed by atoms with Crippen molar-refractivity contribution in [2.75, 3.05) is 13.1 Å². The topological polar surface area (TPSA) is 128 Å². The Balaban J connectivity index is 1.58. The smallest absolute Gasteiger partial charge is 0.255 e. The molecule has 1 saturated heterocycles. The van der Waals surface area contributed by atoms with Crippen molar-refractivity contribution in [1.29, 1.82) is 5.26 Å². The fourth-order valence-electron chi connectivity index (χ4n) is 3.82. The van der Waals surface area contributed by atoms with Crippen LogP contribution >= 0.6 is 22.9 Å². The van der Waals surface area contributed by atoms with Gasteiger partial charge in [-0.15, -0.1) is 11.3 Å². The number of thiazole rings is 1. The second-order valence-corrected chi connectivity index (χ2v) is 10.7. The van der Waals surface area contributed by atoms with Crippen molar-refractivity contribution < 1.29 is 9.59 Å². The molecule has 0 bridgehead atoms. The fraction of sp³-hybridized carbons (Fsp3) is 0.455. The second-order valence-electron chi connectivity index (χ2n) is 9.13. The third kappa shape index (κ3) is 4.84. The first-order valence-electron chi connectivity index (χ1n) is 10.6. The minimum absolute atomic E-state index is 0.0239. The van der Waals surface area contributed by atoms with E-state index in [9.17, 15) is 9.59 Å². The zero-order valence-electron chi connectivity index (χ0n) is 18.6. The van der Waals surface area contributed by atoms with Crippen molar-refractivity contribution in [2.24, 2.45) is 11.3 Å². The van der Waals surface area contributed by atoms with E-state index in [0.717, 1.165) is 4.88 Å². The van der Waals surface area contributed by atoms with Crippen LogP contribution in [-0.4, -0.2) is 55.8 Å². The molecule has 172 valence electrons. The number of nitrogens with zero attached hydrogens (tertiary/aromatic N) is 5. The third-order valence-electron chi connectivity index (χ3n) is 5.73. The van der Waals surface area contributed by atoms with Crippen molar-refractivity contribution in [2.45, 2.75) is 39.7 Å². The Morgan fingerprint density at radius 2 is 2.03 bits per heavy atom. The fourth-order valence-corrected chi connectivity index (χ4v) is 4.72. The minimum Gasteiger partial charge on any atom is -0.344 e. The summed E-state index contributed by atoms with van der Waals surface area (Å²) in [6, 6.07) is 1.54. The number of carbonyl (C=O) groups excluding carboxylic acids is 2. The van der Waals surface area contributed by atoms with Gasteiger partial charge in [-0.3, -0.25) is 9.59 Å². The third-order valence-corrected chi connectivity index (χ3v) is 6.87. The van der Waals surface area contributed by atoms with Gasteiger partial charge in [-0.05, 0) is 18.3 Å². The quantitative estimate of drug-likeness (QED) is 0.580. The summed E-state index contributed by atoms with van der Waals surface area (Å²) in [5.41, 5.74) is 1.23. The van der Waals surface area contributed by atoms with Crippen molar-refractivity contribution in [3.63, 3.8) is 0 Å². The summed E-state index contributed by atoms with van der Waals surface area (Å²) in [7, 11) is 0. The molecule has 33 heavy (non-hydrogen) atoms. The molecule has 1 unspecified atom stereocenters. The molecule has 1 aliphatic rings. The number of H-pyrrole nitrogens is 1. The molecule has 0 saturated carbocycles. The number of amides is 2. The highest BCUT2D eigenvalue weighted by Gasteiger charge is 2.37. The summed E-state index contributed by atoms with van der Waals surface area (Å²) in [4.78, 5) is 45.0. The SMILES string of the molecule is CC(C)(C)C(NC(=O)c1c[nH]c2ncc(-c3cnc(Cl)s3)nc12)C(=O)N1CCC(C#N)CC1. The van der Waals surface area contributed by atoms with E-state index in [4.69, 9.17) is 16.9 Å². The predicted octanol–water partition coefficient (Wildman–Crippen LogP) is 3.64. The molecule has 3 aromatic heterocycles. The summed E-state index contributed by atoms with van der Waals surface area (Å²) in [6.45, 7) is 6.77. The van der Waals surface area contributed by atoms with E-state index in [1.807, 2.05) is 20.8 Å². The van der Waals surface area contributed by atoms with Crippen molar-refractivity contribution in [3.05, 3.63) is 28.6 Å². The Hall–Kier alpha value is -3.03. The highest BCUT2D eigenvalue weighted by Crippen LogP contribution is 2.29. The number of aromatic nitrogens is 4. The van der Waals surface area contributed by atoms with Crippen LogP contribution in [0.2, 0.25) is 4.47 Å². The van der Waals surface area contributed by atoms with Gasteiger partial charge < -0.3 is 15.2 Å². The van der Waals surface area contributed by atoms with Crippen LogP contribution in [0.5, 0.6) is 0 Å².